The van der Waals surface area contributed by atoms with Crippen LogP contribution in [0.5, 0.6) is 0 Å². The molecule has 0 saturated heterocycles. The van der Waals surface area contributed by atoms with Gasteiger partial charge in [-0.05, 0) is 24.1 Å². The second kappa shape index (κ2) is 4.69. The first-order valence-electron chi connectivity index (χ1n) is 5.30. The van der Waals surface area contributed by atoms with E-state index >= 15 is 0 Å². The molecule has 2 aromatic carbocycles. The minimum absolute atomic E-state index is 0.110. The summed E-state index contributed by atoms with van der Waals surface area (Å²) in [6.45, 7) is 1.98. The number of benzene rings is 2. The van der Waals surface area contributed by atoms with Gasteiger partial charge in [0.25, 0.3) is 0 Å². The maximum atomic E-state index is 13.5. The van der Waals surface area contributed by atoms with Crippen LogP contribution in [0.3, 0.4) is 0 Å². The molecule has 0 aliphatic rings. The SMILES string of the molecule is Cc1ccc(-c2ccc(B(O)O)c(F)c2)cc1. The molecule has 2 aromatic rings. The fraction of sp³-hybridized carbons (Fsp3) is 0.0769. The van der Waals surface area contributed by atoms with Crippen molar-refractivity contribution < 1.29 is 14.4 Å². The van der Waals surface area contributed by atoms with Crippen LogP contribution >= 0.6 is 0 Å². The van der Waals surface area contributed by atoms with Gasteiger partial charge in [-0.2, -0.15) is 0 Å². The van der Waals surface area contributed by atoms with Crippen molar-refractivity contribution in [2.75, 3.05) is 0 Å². The third-order valence-electron chi connectivity index (χ3n) is 2.66. The first-order valence-corrected chi connectivity index (χ1v) is 5.30. The largest absolute Gasteiger partial charge is 0.491 e. The Morgan fingerprint density at radius 1 is 0.941 bits per heavy atom. The molecule has 86 valence electrons. The molecule has 0 amide bonds. The van der Waals surface area contributed by atoms with Crippen LogP contribution < -0.4 is 5.46 Å². The van der Waals surface area contributed by atoms with Gasteiger partial charge in [0.05, 0.1) is 0 Å². The lowest BCUT2D eigenvalue weighted by Gasteiger charge is -2.06. The first kappa shape index (κ1) is 11.8. The Balaban J connectivity index is 2.41. The van der Waals surface area contributed by atoms with E-state index in [1.807, 2.05) is 31.2 Å². The van der Waals surface area contributed by atoms with Crippen LogP contribution in [0, 0.1) is 12.7 Å². The monoisotopic (exact) mass is 230 g/mol. The highest BCUT2D eigenvalue weighted by molar-refractivity contribution is 6.58. The molecule has 0 spiro atoms. The quantitative estimate of drug-likeness (QED) is 0.767. The molecule has 0 fully saturated rings. The van der Waals surface area contributed by atoms with E-state index < -0.39 is 12.9 Å². The van der Waals surface area contributed by atoms with Crippen molar-refractivity contribution in [3.05, 3.63) is 53.8 Å². The predicted octanol–water partition coefficient (Wildman–Crippen LogP) is 1.48. The predicted molar refractivity (Wildman–Crippen MR) is 66.4 cm³/mol. The number of halogens is 1. The van der Waals surface area contributed by atoms with E-state index in [1.165, 1.54) is 12.1 Å². The lowest BCUT2D eigenvalue weighted by molar-refractivity contribution is 0.423. The molecule has 0 aliphatic carbocycles. The number of aryl methyl sites for hydroxylation is 1. The van der Waals surface area contributed by atoms with E-state index in [9.17, 15) is 4.39 Å². The lowest BCUT2D eigenvalue weighted by Crippen LogP contribution is -2.32. The molecule has 17 heavy (non-hydrogen) atoms. The molecule has 2 rings (SSSR count). The van der Waals surface area contributed by atoms with Crippen LogP contribution in [0.1, 0.15) is 5.56 Å². The van der Waals surface area contributed by atoms with E-state index in [2.05, 4.69) is 0 Å². The molecule has 0 radical (unpaired) electrons. The van der Waals surface area contributed by atoms with E-state index in [-0.39, 0.29) is 5.46 Å². The molecule has 4 heteroatoms. The summed E-state index contributed by atoms with van der Waals surface area (Å²) >= 11 is 0. The Labute approximate surface area is 99.5 Å². The van der Waals surface area contributed by atoms with Gasteiger partial charge in [-0.3, -0.25) is 0 Å². The molecule has 2 N–H and O–H groups in total. The van der Waals surface area contributed by atoms with E-state index in [4.69, 9.17) is 10.0 Å². The number of rotatable bonds is 2. The minimum Gasteiger partial charge on any atom is -0.423 e. The molecule has 0 aromatic heterocycles. The van der Waals surface area contributed by atoms with E-state index in [0.717, 1.165) is 11.1 Å². The van der Waals surface area contributed by atoms with E-state index in [1.54, 1.807) is 6.07 Å². The highest BCUT2D eigenvalue weighted by atomic mass is 19.1. The molecule has 0 saturated carbocycles. The van der Waals surface area contributed by atoms with Crippen LogP contribution in [0.25, 0.3) is 11.1 Å². The number of hydrogen-bond acceptors (Lipinski definition) is 2. The summed E-state index contributed by atoms with van der Waals surface area (Å²) in [5.74, 6) is -0.613. The number of hydrogen-bond donors (Lipinski definition) is 2. The maximum Gasteiger partial charge on any atom is 0.491 e. The summed E-state index contributed by atoms with van der Waals surface area (Å²) in [4.78, 5) is 0. The van der Waals surface area contributed by atoms with Gasteiger partial charge in [0.15, 0.2) is 0 Å². The Morgan fingerprint density at radius 3 is 2.06 bits per heavy atom. The minimum atomic E-state index is -1.78. The molecule has 0 heterocycles. The topological polar surface area (TPSA) is 40.5 Å². The summed E-state index contributed by atoms with van der Waals surface area (Å²) in [6, 6.07) is 12.1. The molecular weight excluding hydrogens is 218 g/mol. The van der Waals surface area contributed by atoms with Gasteiger partial charge in [-0.1, -0.05) is 42.0 Å². The zero-order valence-electron chi connectivity index (χ0n) is 9.39. The van der Waals surface area contributed by atoms with Crippen molar-refractivity contribution in [2.45, 2.75) is 6.92 Å². The van der Waals surface area contributed by atoms with Crippen LogP contribution in [0.4, 0.5) is 4.39 Å². The molecular formula is C13H12BFO2. The summed E-state index contributed by atoms with van der Waals surface area (Å²) in [5.41, 5.74) is 2.64. The normalized spacial score (nSPS) is 10.4. The first-order chi connectivity index (χ1) is 8.08. The maximum absolute atomic E-state index is 13.5. The van der Waals surface area contributed by atoms with Gasteiger partial charge >= 0.3 is 7.12 Å². The van der Waals surface area contributed by atoms with Crippen molar-refractivity contribution in [2.24, 2.45) is 0 Å². The van der Waals surface area contributed by atoms with E-state index in [0.29, 0.717) is 5.56 Å². The average Bonchev–Trinajstić information content (AvgIpc) is 2.29. The molecule has 0 aliphatic heterocycles. The fourth-order valence-electron chi connectivity index (χ4n) is 1.66. The zero-order valence-corrected chi connectivity index (χ0v) is 9.39. The third-order valence-corrected chi connectivity index (χ3v) is 2.66. The van der Waals surface area contributed by atoms with Crippen LogP contribution in [-0.2, 0) is 0 Å². The van der Waals surface area contributed by atoms with Crippen molar-refractivity contribution in [1.29, 1.82) is 0 Å². The van der Waals surface area contributed by atoms with Crippen LogP contribution in [0.15, 0.2) is 42.5 Å². The van der Waals surface area contributed by atoms with Gasteiger partial charge in [0.1, 0.15) is 5.82 Å². The van der Waals surface area contributed by atoms with Gasteiger partial charge in [-0.15, -0.1) is 0 Å². The highest BCUT2D eigenvalue weighted by Gasteiger charge is 2.16. The van der Waals surface area contributed by atoms with Gasteiger partial charge in [-0.25, -0.2) is 4.39 Å². The molecule has 0 unspecified atom stereocenters. The Hall–Kier alpha value is -1.65. The van der Waals surface area contributed by atoms with Crippen LogP contribution in [0.2, 0.25) is 0 Å². The molecule has 0 atom stereocenters. The second-order valence-electron chi connectivity index (χ2n) is 3.98. The highest BCUT2D eigenvalue weighted by Crippen LogP contribution is 2.19. The van der Waals surface area contributed by atoms with Gasteiger partial charge < -0.3 is 10.0 Å². The molecule has 0 bridgehead atoms. The summed E-state index contributed by atoms with van der Waals surface area (Å²) in [6.07, 6.45) is 0. The van der Waals surface area contributed by atoms with Gasteiger partial charge in [0.2, 0.25) is 0 Å². The Kier molecular flexibility index (Phi) is 3.27. The van der Waals surface area contributed by atoms with Crippen molar-refractivity contribution in [3.63, 3.8) is 0 Å². The summed E-state index contributed by atoms with van der Waals surface area (Å²) in [5, 5.41) is 17.8. The smallest absolute Gasteiger partial charge is 0.423 e. The summed E-state index contributed by atoms with van der Waals surface area (Å²) in [7, 11) is -1.78. The summed E-state index contributed by atoms with van der Waals surface area (Å²) < 4.78 is 13.5. The fourth-order valence-corrected chi connectivity index (χ4v) is 1.66. The Morgan fingerprint density at radius 2 is 1.53 bits per heavy atom. The Bertz CT molecular complexity index is 523. The van der Waals surface area contributed by atoms with Crippen LogP contribution in [-0.4, -0.2) is 17.2 Å². The lowest BCUT2D eigenvalue weighted by atomic mass is 9.79. The molecule has 2 nitrogen and oxygen atoms in total. The van der Waals surface area contributed by atoms with Crippen molar-refractivity contribution >= 4 is 12.6 Å². The standard InChI is InChI=1S/C13H12BFO2/c1-9-2-4-10(5-3-9)11-6-7-12(14(16)17)13(15)8-11/h2-8,16-17H,1H3. The average molecular weight is 230 g/mol. The zero-order chi connectivity index (χ0) is 12.4. The second-order valence-corrected chi connectivity index (χ2v) is 3.98. The van der Waals surface area contributed by atoms with Gasteiger partial charge in [0, 0.05) is 5.46 Å². The van der Waals surface area contributed by atoms with Crippen molar-refractivity contribution in [1.82, 2.24) is 0 Å². The third kappa shape index (κ3) is 2.54. The van der Waals surface area contributed by atoms with Crippen molar-refractivity contribution in [3.8, 4) is 11.1 Å².